The van der Waals surface area contributed by atoms with E-state index in [0.29, 0.717) is 18.4 Å². The summed E-state index contributed by atoms with van der Waals surface area (Å²) >= 11 is 1.78. The summed E-state index contributed by atoms with van der Waals surface area (Å²) in [6.45, 7) is 2.90. The Labute approximate surface area is 134 Å². The predicted octanol–water partition coefficient (Wildman–Crippen LogP) is 4.36. The highest BCUT2D eigenvalue weighted by Gasteiger charge is 2.29. The smallest absolute Gasteiger partial charge is 0.223 e. The van der Waals surface area contributed by atoms with Crippen LogP contribution in [0.5, 0.6) is 0 Å². The highest BCUT2D eigenvalue weighted by molar-refractivity contribution is 7.10. The van der Waals surface area contributed by atoms with E-state index < -0.39 is 0 Å². The molecule has 1 unspecified atom stereocenters. The minimum atomic E-state index is -0.221. The van der Waals surface area contributed by atoms with Crippen LogP contribution < -0.4 is 0 Å². The summed E-state index contributed by atoms with van der Waals surface area (Å²) in [4.78, 5) is 16.0. The van der Waals surface area contributed by atoms with Crippen LogP contribution >= 0.6 is 11.3 Å². The highest BCUT2D eigenvalue weighted by atomic mass is 32.1. The summed E-state index contributed by atoms with van der Waals surface area (Å²) in [5, 5.41) is 2.11. The number of aryl methyl sites for hydroxylation is 1. The summed E-state index contributed by atoms with van der Waals surface area (Å²) in [5.41, 5.74) is 1.93. The molecule has 4 heteroatoms. The van der Waals surface area contributed by atoms with Crippen LogP contribution in [0.4, 0.5) is 4.39 Å². The highest BCUT2D eigenvalue weighted by Crippen LogP contribution is 2.35. The monoisotopic (exact) mass is 317 g/mol. The molecule has 0 fully saturated rings. The molecule has 2 aromatic rings. The molecule has 0 bridgehead atoms. The molecule has 3 rings (SSSR count). The van der Waals surface area contributed by atoms with E-state index >= 15 is 0 Å². The number of nitrogens with zero attached hydrogens (tertiary/aromatic N) is 1. The van der Waals surface area contributed by atoms with Crippen LogP contribution in [0.1, 0.15) is 41.8 Å². The quantitative estimate of drug-likeness (QED) is 0.820. The van der Waals surface area contributed by atoms with Crippen molar-refractivity contribution in [2.45, 2.75) is 38.6 Å². The number of carbonyl (C=O) groups is 1. The number of thiophene rings is 1. The van der Waals surface area contributed by atoms with E-state index in [1.807, 2.05) is 11.0 Å². The van der Waals surface area contributed by atoms with Gasteiger partial charge in [0.2, 0.25) is 5.91 Å². The van der Waals surface area contributed by atoms with E-state index in [2.05, 4.69) is 18.4 Å². The first kappa shape index (κ1) is 15.2. The molecule has 2 heterocycles. The van der Waals surface area contributed by atoms with Crippen LogP contribution in [0.25, 0.3) is 0 Å². The molecule has 1 aliphatic rings. The molecule has 0 saturated carbocycles. The van der Waals surface area contributed by atoms with Crippen molar-refractivity contribution in [1.82, 2.24) is 4.90 Å². The zero-order valence-corrected chi connectivity index (χ0v) is 13.5. The molecule has 0 N–H and O–H groups in total. The lowest BCUT2D eigenvalue weighted by atomic mass is 9.97. The summed E-state index contributed by atoms with van der Waals surface area (Å²) in [6.07, 6.45) is 2.70. The predicted molar refractivity (Wildman–Crippen MR) is 87.5 cm³/mol. The van der Waals surface area contributed by atoms with Gasteiger partial charge in [-0.05, 0) is 47.9 Å². The third-order valence-electron chi connectivity index (χ3n) is 4.37. The molecule has 0 radical (unpaired) electrons. The lowest BCUT2D eigenvalue weighted by molar-refractivity contribution is -0.134. The first-order valence-corrected chi connectivity index (χ1v) is 8.67. The second-order valence-electron chi connectivity index (χ2n) is 5.65. The molecule has 1 aromatic carbocycles. The van der Waals surface area contributed by atoms with Crippen LogP contribution in [0.2, 0.25) is 0 Å². The average Bonchev–Trinajstić information content (AvgIpc) is 3.01. The molecule has 1 aromatic heterocycles. The van der Waals surface area contributed by atoms with Gasteiger partial charge in [-0.1, -0.05) is 25.1 Å². The summed E-state index contributed by atoms with van der Waals surface area (Å²) < 4.78 is 13.7. The maximum Gasteiger partial charge on any atom is 0.223 e. The Hall–Kier alpha value is -1.68. The fourth-order valence-electron chi connectivity index (χ4n) is 3.22. The van der Waals surface area contributed by atoms with Crippen LogP contribution in [0.3, 0.4) is 0 Å². The van der Waals surface area contributed by atoms with Gasteiger partial charge < -0.3 is 4.90 Å². The first-order chi connectivity index (χ1) is 10.7. The zero-order valence-electron chi connectivity index (χ0n) is 12.7. The van der Waals surface area contributed by atoms with Crippen LogP contribution in [-0.4, -0.2) is 17.4 Å². The van der Waals surface area contributed by atoms with Crippen molar-refractivity contribution in [2.75, 3.05) is 6.54 Å². The number of carbonyl (C=O) groups excluding carboxylic acids is 1. The average molecular weight is 317 g/mol. The maximum absolute atomic E-state index is 13.7. The Balaban J connectivity index is 1.69. The van der Waals surface area contributed by atoms with Gasteiger partial charge in [-0.3, -0.25) is 4.79 Å². The number of halogens is 1. The Morgan fingerprint density at radius 1 is 1.36 bits per heavy atom. The molecule has 116 valence electrons. The van der Waals surface area contributed by atoms with Crippen molar-refractivity contribution < 1.29 is 9.18 Å². The summed E-state index contributed by atoms with van der Waals surface area (Å²) in [5.74, 6) is -0.0898. The van der Waals surface area contributed by atoms with Gasteiger partial charge in [0.25, 0.3) is 0 Å². The van der Waals surface area contributed by atoms with Gasteiger partial charge in [-0.25, -0.2) is 4.39 Å². The number of hydrogen-bond acceptors (Lipinski definition) is 2. The lowest BCUT2D eigenvalue weighted by Gasteiger charge is -2.35. The number of hydrogen-bond donors (Lipinski definition) is 0. The first-order valence-electron chi connectivity index (χ1n) is 7.80. The molecule has 1 aliphatic heterocycles. The maximum atomic E-state index is 13.7. The fourth-order valence-corrected chi connectivity index (χ4v) is 4.15. The third kappa shape index (κ3) is 2.93. The van der Waals surface area contributed by atoms with E-state index in [9.17, 15) is 9.18 Å². The Morgan fingerprint density at radius 2 is 2.18 bits per heavy atom. The minimum Gasteiger partial charge on any atom is -0.335 e. The number of fused-ring (bicyclic) bond motifs is 1. The number of amides is 1. The normalized spacial score (nSPS) is 17.4. The largest absolute Gasteiger partial charge is 0.335 e. The van der Waals surface area contributed by atoms with Crippen molar-refractivity contribution in [2.24, 2.45) is 0 Å². The van der Waals surface area contributed by atoms with Crippen LogP contribution in [0, 0.1) is 5.82 Å². The van der Waals surface area contributed by atoms with E-state index in [4.69, 9.17) is 0 Å². The lowest BCUT2D eigenvalue weighted by Crippen LogP contribution is -2.39. The standard InChI is InChI=1S/C18H20FNOS/c1-2-16-14-10-12-22-17(14)9-11-20(16)18(21)8-7-13-5-3-4-6-15(13)19/h3-6,10,12,16H,2,7-9,11H2,1H3. The molecular weight excluding hydrogens is 297 g/mol. The molecule has 2 nitrogen and oxygen atoms in total. The fraction of sp³-hybridized carbons (Fsp3) is 0.389. The van der Waals surface area contributed by atoms with Gasteiger partial charge in [-0.15, -0.1) is 11.3 Å². The van der Waals surface area contributed by atoms with E-state index in [1.54, 1.807) is 23.5 Å². The summed E-state index contributed by atoms with van der Waals surface area (Å²) in [6, 6.07) is 9.03. The van der Waals surface area contributed by atoms with Gasteiger partial charge in [0.15, 0.2) is 0 Å². The zero-order chi connectivity index (χ0) is 15.5. The molecule has 0 saturated heterocycles. The minimum absolute atomic E-state index is 0.131. The second-order valence-corrected chi connectivity index (χ2v) is 6.65. The molecule has 22 heavy (non-hydrogen) atoms. The Kier molecular flexibility index (Phi) is 4.57. The van der Waals surface area contributed by atoms with Gasteiger partial charge in [0.05, 0.1) is 6.04 Å². The van der Waals surface area contributed by atoms with Gasteiger partial charge >= 0.3 is 0 Å². The Bertz CT molecular complexity index is 667. The number of rotatable bonds is 4. The van der Waals surface area contributed by atoms with Crippen molar-refractivity contribution in [3.05, 3.63) is 57.5 Å². The number of benzene rings is 1. The van der Waals surface area contributed by atoms with Crippen molar-refractivity contribution in [3.63, 3.8) is 0 Å². The Morgan fingerprint density at radius 3 is 2.95 bits per heavy atom. The third-order valence-corrected chi connectivity index (χ3v) is 5.36. The van der Waals surface area contributed by atoms with E-state index in [1.165, 1.54) is 16.5 Å². The SMILES string of the molecule is CCC1c2ccsc2CCN1C(=O)CCc1ccccc1F. The van der Waals surface area contributed by atoms with Crippen LogP contribution in [0.15, 0.2) is 35.7 Å². The van der Waals surface area contributed by atoms with E-state index in [0.717, 1.165) is 19.4 Å². The molecule has 0 spiro atoms. The van der Waals surface area contributed by atoms with Crippen LogP contribution in [-0.2, 0) is 17.6 Å². The molecule has 0 aliphatic carbocycles. The van der Waals surface area contributed by atoms with Gasteiger partial charge in [0, 0.05) is 17.8 Å². The molecular formula is C18H20FNOS. The van der Waals surface area contributed by atoms with Crippen molar-refractivity contribution in [3.8, 4) is 0 Å². The molecule has 1 atom stereocenters. The van der Waals surface area contributed by atoms with Crippen molar-refractivity contribution >= 4 is 17.2 Å². The summed E-state index contributed by atoms with van der Waals surface area (Å²) in [7, 11) is 0. The molecule has 1 amide bonds. The van der Waals surface area contributed by atoms with E-state index in [-0.39, 0.29) is 17.8 Å². The topological polar surface area (TPSA) is 20.3 Å². The van der Waals surface area contributed by atoms with Gasteiger partial charge in [0.1, 0.15) is 5.82 Å². The van der Waals surface area contributed by atoms with Crippen molar-refractivity contribution in [1.29, 1.82) is 0 Å². The van der Waals surface area contributed by atoms with Gasteiger partial charge in [-0.2, -0.15) is 0 Å². The second kappa shape index (κ2) is 6.61.